The molecule has 0 aromatic carbocycles. The molecule has 0 aromatic heterocycles. The summed E-state index contributed by atoms with van der Waals surface area (Å²) in [4.78, 5) is 0. The SMILES string of the molecule is CS(=O)(=O)N1CCCC(CC(N)CSC2CCCCC2)C1. The normalized spacial score (nSPS) is 27.6. The van der Waals surface area contributed by atoms with Gasteiger partial charge in [0.05, 0.1) is 6.26 Å². The molecule has 0 spiro atoms. The van der Waals surface area contributed by atoms with Crippen LogP contribution in [-0.4, -0.2) is 49.1 Å². The number of hydrogen-bond donors (Lipinski definition) is 1. The molecule has 2 N–H and O–H groups in total. The van der Waals surface area contributed by atoms with Crippen molar-refractivity contribution >= 4 is 21.8 Å². The first-order chi connectivity index (χ1) is 9.95. The fourth-order valence-electron chi connectivity index (χ4n) is 3.51. The van der Waals surface area contributed by atoms with Gasteiger partial charge in [-0.15, -0.1) is 0 Å². The van der Waals surface area contributed by atoms with Crippen LogP contribution in [0.15, 0.2) is 0 Å². The van der Waals surface area contributed by atoms with Crippen LogP contribution < -0.4 is 5.73 Å². The zero-order chi connectivity index (χ0) is 15.3. The van der Waals surface area contributed by atoms with E-state index in [0.717, 1.165) is 30.3 Å². The first-order valence-electron chi connectivity index (χ1n) is 8.27. The summed E-state index contributed by atoms with van der Waals surface area (Å²) in [6.45, 7) is 1.35. The van der Waals surface area contributed by atoms with Crippen molar-refractivity contribution in [3.63, 3.8) is 0 Å². The number of piperidine rings is 1. The fraction of sp³-hybridized carbons (Fsp3) is 1.00. The van der Waals surface area contributed by atoms with E-state index < -0.39 is 10.0 Å². The van der Waals surface area contributed by atoms with Crippen molar-refractivity contribution in [2.45, 2.75) is 62.7 Å². The number of nitrogens with two attached hydrogens (primary N) is 1. The summed E-state index contributed by atoms with van der Waals surface area (Å²) < 4.78 is 24.9. The molecule has 2 rings (SSSR count). The van der Waals surface area contributed by atoms with Crippen molar-refractivity contribution in [1.29, 1.82) is 0 Å². The van der Waals surface area contributed by atoms with Gasteiger partial charge in [-0.05, 0) is 38.0 Å². The van der Waals surface area contributed by atoms with Gasteiger partial charge in [-0.2, -0.15) is 11.8 Å². The van der Waals surface area contributed by atoms with E-state index >= 15 is 0 Å². The summed E-state index contributed by atoms with van der Waals surface area (Å²) in [7, 11) is -3.04. The van der Waals surface area contributed by atoms with Gasteiger partial charge >= 0.3 is 0 Å². The molecular formula is C15H30N2O2S2. The molecule has 21 heavy (non-hydrogen) atoms. The van der Waals surface area contributed by atoms with E-state index in [1.54, 1.807) is 4.31 Å². The second-order valence-corrected chi connectivity index (χ2v) is 10.0. The zero-order valence-corrected chi connectivity index (χ0v) is 14.8. The van der Waals surface area contributed by atoms with Gasteiger partial charge in [0.15, 0.2) is 0 Å². The van der Waals surface area contributed by atoms with Gasteiger partial charge in [-0.25, -0.2) is 12.7 Å². The molecule has 0 amide bonds. The van der Waals surface area contributed by atoms with Crippen LogP contribution in [0.2, 0.25) is 0 Å². The maximum Gasteiger partial charge on any atom is 0.211 e. The average molecular weight is 335 g/mol. The molecule has 2 unspecified atom stereocenters. The highest BCUT2D eigenvalue weighted by Gasteiger charge is 2.27. The Balaban J connectivity index is 1.70. The van der Waals surface area contributed by atoms with Gasteiger partial charge < -0.3 is 5.73 Å². The molecule has 2 atom stereocenters. The maximum absolute atomic E-state index is 11.6. The van der Waals surface area contributed by atoms with Gasteiger partial charge in [0.2, 0.25) is 10.0 Å². The summed E-state index contributed by atoms with van der Waals surface area (Å²) in [5, 5.41) is 0.809. The van der Waals surface area contributed by atoms with E-state index in [1.165, 1.54) is 38.4 Å². The van der Waals surface area contributed by atoms with E-state index in [0.29, 0.717) is 19.0 Å². The number of hydrogen-bond acceptors (Lipinski definition) is 4. The predicted octanol–water partition coefficient (Wildman–Crippen LogP) is 2.44. The Morgan fingerprint density at radius 2 is 1.90 bits per heavy atom. The molecule has 6 heteroatoms. The lowest BCUT2D eigenvalue weighted by Gasteiger charge is -2.32. The second-order valence-electron chi connectivity index (χ2n) is 6.72. The van der Waals surface area contributed by atoms with Crippen LogP contribution in [0.1, 0.15) is 51.4 Å². The zero-order valence-electron chi connectivity index (χ0n) is 13.2. The maximum atomic E-state index is 11.6. The molecule has 1 saturated heterocycles. The monoisotopic (exact) mass is 334 g/mol. The van der Waals surface area contributed by atoms with E-state index in [2.05, 4.69) is 0 Å². The smallest absolute Gasteiger partial charge is 0.211 e. The lowest BCUT2D eigenvalue weighted by Crippen LogP contribution is -2.41. The average Bonchev–Trinajstić information content (AvgIpc) is 2.46. The minimum Gasteiger partial charge on any atom is -0.327 e. The Morgan fingerprint density at radius 1 is 1.19 bits per heavy atom. The van der Waals surface area contributed by atoms with Gasteiger partial charge in [0.1, 0.15) is 0 Å². The number of nitrogens with zero attached hydrogens (tertiary/aromatic N) is 1. The number of thioether (sulfide) groups is 1. The highest BCUT2D eigenvalue weighted by molar-refractivity contribution is 7.99. The quantitative estimate of drug-likeness (QED) is 0.810. The Hall–Kier alpha value is 0.220. The van der Waals surface area contributed by atoms with E-state index in [-0.39, 0.29) is 6.04 Å². The van der Waals surface area contributed by atoms with Crippen LogP contribution >= 0.6 is 11.8 Å². The van der Waals surface area contributed by atoms with Crippen LogP contribution in [0, 0.1) is 5.92 Å². The molecule has 1 aliphatic carbocycles. The molecule has 4 nitrogen and oxygen atoms in total. The summed E-state index contributed by atoms with van der Waals surface area (Å²) in [5.74, 6) is 1.47. The highest BCUT2D eigenvalue weighted by atomic mass is 32.2. The molecule has 0 radical (unpaired) electrons. The molecule has 1 saturated carbocycles. The third kappa shape index (κ3) is 6.08. The van der Waals surface area contributed by atoms with Crippen LogP contribution in [-0.2, 0) is 10.0 Å². The van der Waals surface area contributed by atoms with E-state index in [1.807, 2.05) is 11.8 Å². The fourth-order valence-corrected chi connectivity index (χ4v) is 5.77. The largest absolute Gasteiger partial charge is 0.327 e. The predicted molar refractivity (Wildman–Crippen MR) is 91.1 cm³/mol. The third-order valence-corrected chi connectivity index (χ3v) is 7.52. The van der Waals surface area contributed by atoms with E-state index in [4.69, 9.17) is 5.73 Å². The Kier molecular flexibility index (Phi) is 6.84. The highest BCUT2D eigenvalue weighted by Crippen LogP contribution is 2.29. The van der Waals surface area contributed by atoms with Crippen molar-refractivity contribution in [2.75, 3.05) is 25.1 Å². The number of sulfonamides is 1. The molecule has 1 aliphatic heterocycles. The Morgan fingerprint density at radius 3 is 2.57 bits per heavy atom. The van der Waals surface area contributed by atoms with Crippen LogP contribution in [0.4, 0.5) is 0 Å². The summed E-state index contributed by atoms with van der Waals surface area (Å²) in [5.41, 5.74) is 6.29. The van der Waals surface area contributed by atoms with Gasteiger partial charge in [0, 0.05) is 30.1 Å². The van der Waals surface area contributed by atoms with E-state index in [9.17, 15) is 8.42 Å². The van der Waals surface area contributed by atoms with Gasteiger partial charge in [-0.3, -0.25) is 0 Å². The molecule has 0 bridgehead atoms. The van der Waals surface area contributed by atoms with Crippen molar-refractivity contribution < 1.29 is 8.42 Å². The van der Waals surface area contributed by atoms with Crippen molar-refractivity contribution in [1.82, 2.24) is 4.31 Å². The first-order valence-corrected chi connectivity index (χ1v) is 11.2. The Labute approximate surface area is 134 Å². The second kappa shape index (κ2) is 8.18. The third-order valence-electron chi connectivity index (χ3n) is 4.69. The molecular weight excluding hydrogens is 304 g/mol. The lowest BCUT2D eigenvalue weighted by molar-refractivity contribution is 0.249. The standard InChI is InChI=1S/C15H30N2O2S2/c1-21(18,19)17-9-5-6-13(11-17)10-14(16)12-20-15-7-3-2-4-8-15/h13-15H,2-12,16H2,1H3. The molecule has 2 aliphatic rings. The van der Waals surface area contributed by atoms with Gasteiger partial charge in [-0.1, -0.05) is 19.3 Å². The van der Waals surface area contributed by atoms with Crippen molar-refractivity contribution in [3.05, 3.63) is 0 Å². The van der Waals surface area contributed by atoms with Crippen LogP contribution in [0.25, 0.3) is 0 Å². The molecule has 1 heterocycles. The van der Waals surface area contributed by atoms with Crippen molar-refractivity contribution in [2.24, 2.45) is 11.7 Å². The van der Waals surface area contributed by atoms with Gasteiger partial charge in [0.25, 0.3) is 0 Å². The lowest BCUT2D eigenvalue weighted by atomic mass is 9.93. The molecule has 124 valence electrons. The minimum atomic E-state index is -3.04. The van der Waals surface area contributed by atoms with Crippen LogP contribution in [0.3, 0.4) is 0 Å². The summed E-state index contributed by atoms with van der Waals surface area (Å²) >= 11 is 2.04. The molecule has 2 fully saturated rings. The topological polar surface area (TPSA) is 63.4 Å². The Bertz CT molecular complexity index is 408. The minimum absolute atomic E-state index is 0.210. The first kappa shape index (κ1) is 17.6. The summed E-state index contributed by atoms with van der Waals surface area (Å²) in [6.07, 6.45) is 11.2. The number of rotatable bonds is 6. The summed E-state index contributed by atoms with van der Waals surface area (Å²) in [6, 6.07) is 0.210. The van der Waals surface area contributed by atoms with Crippen molar-refractivity contribution in [3.8, 4) is 0 Å². The van der Waals surface area contributed by atoms with Crippen LogP contribution in [0.5, 0.6) is 0 Å². The molecule has 0 aromatic rings.